The summed E-state index contributed by atoms with van der Waals surface area (Å²) in [4.78, 5) is 11.7. The largest absolute Gasteiger partial charge is 0.467 e. The zero-order valence-corrected chi connectivity index (χ0v) is 11.1. The fourth-order valence-corrected chi connectivity index (χ4v) is 1.13. The van der Waals surface area contributed by atoms with E-state index >= 15 is 0 Å². The van der Waals surface area contributed by atoms with Gasteiger partial charge in [0.05, 0.1) is 26.9 Å². The molecule has 1 aromatic heterocycles. The van der Waals surface area contributed by atoms with Gasteiger partial charge in [0, 0.05) is 20.1 Å². The maximum absolute atomic E-state index is 5.35. The maximum atomic E-state index is 5.35. The van der Waals surface area contributed by atoms with E-state index in [2.05, 4.69) is 20.4 Å². The molecule has 0 amide bonds. The fraction of sp³-hybridized carbons (Fsp3) is 0.700. The highest BCUT2D eigenvalue weighted by Crippen LogP contribution is 2.11. The maximum Gasteiger partial charge on any atom is 0.324 e. The first-order valence-corrected chi connectivity index (χ1v) is 5.76. The van der Waals surface area contributed by atoms with Gasteiger partial charge in [0.2, 0.25) is 5.95 Å². The van der Waals surface area contributed by atoms with E-state index in [0.717, 1.165) is 0 Å². The van der Waals surface area contributed by atoms with Crippen LogP contribution in [0.5, 0.6) is 12.0 Å². The summed E-state index contributed by atoms with van der Waals surface area (Å²) < 4.78 is 20.4. The lowest BCUT2D eigenvalue weighted by atomic mass is 10.5. The molecule has 0 unspecified atom stereocenters. The molecular formula is C10H19N5O4. The highest BCUT2D eigenvalue weighted by atomic mass is 16.5. The lowest BCUT2D eigenvalue weighted by Gasteiger charge is -2.07. The molecule has 0 aliphatic heterocycles. The standard InChI is InChI=1S/C10H19N5O4/c1-16-6-7-18-4-3-5-19-10-13-8(15-11)12-9(14-10)17-2/h3-7,11H2,1-2H3,(H,12,13,14,15). The van der Waals surface area contributed by atoms with E-state index in [4.69, 9.17) is 24.8 Å². The summed E-state index contributed by atoms with van der Waals surface area (Å²) in [6, 6.07) is 0.283. The Morgan fingerprint density at radius 1 is 1.00 bits per heavy atom. The second-order valence-electron chi connectivity index (χ2n) is 3.38. The van der Waals surface area contributed by atoms with Crippen LogP contribution in [0.2, 0.25) is 0 Å². The molecule has 1 heterocycles. The predicted octanol–water partition coefficient (Wildman–Crippen LogP) is -0.402. The van der Waals surface area contributed by atoms with Crippen molar-refractivity contribution in [3.8, 4) is 12.0 Å². The van der Waals surface area contributed by atoms with Crippen molar-refractivity contribution < 1.29 is 18.9 Å². The van der Waals surface area contributed by atoms with E-state index in [9.17, 15) is 0 Å². The van der Waals surface area contributed by atoms with Gasteiger partial charge in [0.1, 0.15) is 0 Å². The third kappa shape index (κ3) is 6.13. The zero-order valence-electron chi connectivity index (χ0n) is 11.1. The van der Waals surface area contributed by atoms with Gasteiger partial charge >= 0.3 is 12.0 Å². The van der Waals surface area contributed by atoms with Crippen molar-refractivity contribution in [3.63, 3.8) is 0 Å². The van der Waals surface area contributed by atoms with E-state index in [1.54, 1.807) is 7.11 Å². The number of hydrogen-bond donors (Lipinski definition) is 2. The van der Waals surface area contributed by atoms with Crippen LogP contribution in [0.3, 0.4) is 0 Å². The number of nitrogens with zero attached hydrogens (tertiary/aromatic N) is 3. The van der Waals surface area contributed by atoms with E-state index in [-0.39, 0.29) is 18.0 Å². The van der Waals surface area contributed by atoms with Crippen LogP contribution in [0.4, 0.5) is 5.95 Å². The van der Waals surface area contributed by atoms with Crippen LogP contribution in [0.1, 0.15) is 6.42 Å². The van der Waals surface area contributed by atoms with Crippen molar-refractivity contribution >= 4 is 5.95 Å². The number of anilines is 1. The lowest BCUT2D eigenvalue weighted by molar-refractivity contribution is 0.0638. The Bertz CT molecular complexity index is 344. The van der Waals surface area contributed by atoms with Crippen LogP contribution in [0.25, 0.3) is 0 Å². The Morgan fingerprint density at radius 2 is 1.79 bits per heavy atom. The molecule has 3 N–H and O–H groups in total. The molecule has 9 heteroatoms. The van der Waals surface area contributed by atoms with Gasteiger partial charge in [-0.15, -0.1) is 4.98 Å². The van der Waals surface area contributed by atoms with Crippen LogP contribution in [-0.4, -0.2) is 55.6 Å². The summed E-state index contributed by atoms with van der Waals surface area (Å²) in [7, 11) is 3.08. The van der Waals surface area contributed by atoms with Gasteiger partial charge in [0.15, 0.2) is 0 Å². The van der Waals surface area contributed by atoms with Crippen LogP contribution < -0.4 is 20.7 Å². The normalized spacial score (nSPS) is 10.3. The molecule has 0 saturated carbocycles. The number of hydrogen-bond acceptors (Lipinski definition) is 9. The van der Waals surface area contributed by atoms with Crippen molar-refractivity contribution in [1.29, 1.82) is 0 Å². The molecule has 9 nitrogen and oxygen atoms in total. The Morgan fingerprint density at radius 3 is 2.47 bits per heavy atom. The average Bonchev–Trinajstić information content (AvgIpc) is 2.45. The molecular weight excluding hydrogens is 254 g/mol. The van der Waals surface area contributed by atoms with Gasteiger partial charge in [-0.1, -0.05) is 0 Å². The van der Waals surface area contributed by atoms with Crippen molar-refractivity contribution in [3.05, 3.63) is 0 Å². The molecule has 0 bridgehead atoms. The minimum absolute atomic E-state index is 0.134. The molecule has 0 aliphatic carbocycles. The molecule has 0 saturated heterocycles. The minimum Gasteiger partial charge on any atom is -0.467 e. The summed E-state index contributed by atoms with van der Waals surface area (Å²) in [6.45, 7) is 2.14. The molecule has 0 aliphatic rings. The van der Waals surface area contributed by atoms with Crippen molar-refractivity contribution in [2.45, 2.75) is 6.42 Å². The minimum atomic E-state index is 0.134. The Balaban J connectivity index is 2.28. The van der Waals surface area contributed by atoms with Gasteiger partial charge in [0.25, 0.3) is 0 Å². The number of nitrogens with one attached hydrogen (secondary N) is 1. The summed E-state index contributed by atoms with van der Waals surface area (Å²) in [5, 5.41) is 0. The smallest absolute Gasteiger partial charge is 0.324 e. The van der Waals surface area contributed by atoms with Crippen molar-refractivity contribution in [2.24, 2.45) is 5.84 Å². The molecule has 19 heavy (non-hydrogen) atoms. The van der Waals surface area contributed by atoms with Gasteiger partial charge in [-0.3, -0.25) is 5.43 Å². The van der Waals surface area contributed by atoms with Crippen molar-refractivity contribution in [2.75, 3.05) is 46.1 Å². The number of rotatable bonds is 10. The number of nitrogen functional groups attached to an aromatic ring is 1. The fourth-order valence-electron chi connectivity index (χ4n) is 1.13. The monoisotopic (exact) mass is 273 g/mol. The molecule has 0 atom stereocenters. The van der Waals surface area contributed by atoms with Gasteiger partial charge < -0.3 is 18.9 Å². The highest BCUT2D eigenvalue weighted by Gasteiger charge is 2.06. The van der Waals surface area contributed by atoms with E-state index in [1.165, 1.54) is 7.11 Å². The van der Waals surface area contributed by atoms with Gasteiger partial charge in [-0.05, 0) is 0 Å². The Hall–Kier alpha value is -1.71. The second kappa shape index (κ2) is 9.25. The van der Waals surface area contributed by atoms with Crippen molar-refractivity contribution in [1.82, 2.24) is 15.0 Å². The molecule has 1 rings (SSSR count). The molecule has 0 fully saturated rings. The second-order valence-corrected chi connectivity index (χ2v) is 3.38. The number of ether oxygens (including phenoxy) is 4. The van der Waals surface area contributed by atoms with Crippen LogP contribution in [0, 0.1) is 0 Å². The summed E-state index contributed by atoms with van der Waals surface area (Å²) in [5.74, 6) is 5.40. The van der Waals surface area contributed by atoms with Crippen LogP contribution >= 0.6 is 0 Å². The quantitative estimate of drug-likeness (QED) is 0.334. The third-order valence-electron chi connectivity index (χ3n) is 2.00. The van der Waals surface area contributed by atoms with Crippen LogP contribution in [-0.2, 0) is 9.47 Å². The average molecular weight is 273 g/mol. The molecule has 1 aromatic rings. The first-order valence-electron chi connectivity index (χ1n) is 5.76. The Kier molecular flexibility index (Phi) is 7.47. The Labute approximate surface area is 111 Å². The zero-order chi connectivity index (χ0) is 13.9. The third-order valence-corrected chi connectivity index (χ3v) is 2.00. The molecule has 108 valence electrons. The number of hydrazine groups is 1. The summed E-state index contributed by atoms with van der Waals surface area (Å²) in [6.07, 6.45) is 0.711. The van der Waals surface area contributed by atoms with Gasteiger partial charge in [-0.2, -0.15) is 9.97 Å². The van der Waals surface area contributed by atoms with E-state index in [0.29, 0.717) is 32.8 Å². The number of aromatic nitrogens is 3. The van der Waals surface area contributed by atoms with Gasteiger partial charge in [-0.25, -0.2) is 5.84 Å². The summed E-state index contributed by atoms with van der Waals surface area (Å²) in [5.41, 5.74) is 2.31. The first-order chi connectivity index (χ1) is 9.30. The topological polar surface area (TPSA) is 114 Å². The summed E-state index contributed by atoms with van der Waals surface area (Å²) >= 11 is 0. The predicted molar refractivity (Wildman–Crippen MR) is 67.0 cm³/mol. The number of methoxy groups -OCH3 is 2. The molecule has 0 radical (unpaired) electrons. The van der Waals surface area contributed by atoms with E-state index in [1.807, 2.05) is 0 Å². The number of nitrogens with two attached hydrogens (primary N) is 1. The van der Waals surface area contributed by atoms with E-state index < -0.39 is 0 Å². The molecule has 0 aromatic carbocycles. The van der Waals surface area contributed by atoms with Crippen LogP contribution in [0.15, 0.2) is 0 Å². The molecule has 0 spiro atoms. The highest BCUT2D eigenvalue weighted by molar-refractivity contribution is 5.25. The SMILES string of the molecule is COCCOCCCOc1nc(NN)nc(OC)n1. The first kappa shape index (κ1) is 15.3. The lowest BCUT2D eigenvalue weighted by Crippen LogP contribution is -2.13.